The Morgan fingerprint density at radius 2 is 1.77 bits per heavy atom. The van der Waals surface area contributed by atoms with Crippen molar-refractivity contribution in [2.45, 2.75) is 17.7 Å². The molecule has 0 saturated carbocycles. The number of alkyl halides is 1. The average molecular weight is 232 g/mol. The fourth-order valence-electron chi connectivity index (χ4n) is 0.977. The molecule has 1 rings (SSSR count). The van der Waals surface area contributed by atoms with E-state index in [1.54, 1.807) is 0 Å². The van der Waals surface area contributed by atoms with Gasteiger partial charge in [0.1, 0.15) is 0 Å². The number of nitrogens with zero attached hydrogens (tertiary/aromatic N) is 1. The normalized spacial score (nSPS) is 18.6. The lowest BCUT2D eigenvalue weighted by Gasteiger charge is -2.24. The van der Waals surface area contributed by atoms with Gasteiger partial charge in [-0.15, -0.1) is 0 Å². The van der Waals surface area contributed by atoms with Gasteiger partial charge < -0.3 is 4.90 Å². The van der Waals surface area contributed by atoms with Gasteiger partial charge in [-0.25, -0.2) is 0 Å². The van der Waals surface area contributed by atoms with Crippen LogP contribution < -0.4 is 0 Å². The molecule has 0 aromatic carbocycles. The van der Waals surface area contributed by atoms with Gasteiger partial charge in [0.2, 0.25) is 0 Å². The van der Waals surface area contributed by atoms with E-state index < -0.39 is 6.39 Å². The van der Waals surface area contributed by atoms with Gasteiger partial charge in [-0.2, -0.15) is 0 Å². The lowest BCUT2D eigenvalue weighted by atomic mass is 8.97. The minimum absolute atomic E-state index is 0.463. The van der Waals surface area contributed by atoms with Crippen LogP contribution in [0.25, 0.3) is 0 Å². The van der Waals surface area contributed by atoms with E-state index in [1.807, 2.05) is 0 Å². The number of hydrogen-bond donors (Lipinski definition) is 0. The van der Waals surface area contributed by atoms with E-state index in [0.717, 1.165) is 4.83 Å². The Balaban J connectivity index is 0.000000252. The number of rotatable bonds is 1. The maximum absolute atomic E-state index is 4.89. The molecular weight excluding hydrogens is 220 g/mol. The molecule has 0 aromatic rings. The second kappa shape index (κ2) is 8.10. The summed E-state index contributed by atoms with van der Waals surface area (Å²) < 4.78 is 0. The summed E-state index contributed by atoms with van der Waals surface area (Å²) in [5, 5.41) is 0. The van der Waals surface area contributed by atoms with Crippen molar-refractivity contribution in [3.63, 3.8) is 0 Å². The summed E-state index contributed by atoms with van der Waals surface area (Å²) in [6.07, 6.45) is 2.17. The van der Waals surface area contributed by atoms with Crippen molar-refractivity contribution in [3.05, 3.63) is 0 Å². The van der Waals surface area contributed by atoms with Gasteiger partial charge in [0.15, 0.2) is 0 Å². The molecular formula is C6H12B5BrN. The quantitative estimate of drug-likeness (QED) is 0.438. The number of halogens is 1. The summed E-state index contributed by atoms with van der Waals surface area (Å²) in [6.45, 7) is 2.52. The third-order valence-electron chi connectivity index (χ3n) is 1.87. The van der Waals surface area contributed by atoms with E-state index in [2.05, 4.69) is 27.9 Å². The van der Waals surface area contributed by atoms with Gasteiger partial charge >= 0.3 is 0 Å². The smallest absolute Gasteiger partial charge is 0.0170 e. The Bertz CT molecular complexity index is 108. The first kappa shape index (κ1) is 13.8. The lowest BCUT2D eigenvalue weighted by Crippen LogP contribution is -2.30. The Morgan fingerprint density at radius 3 is 2.00 bits per heavy atom. The van der Waals surface area contributed by atoms with Gasteiger partial charge in [-0.1, -0.05) is 15.9 Å². The maximum atomic E-state index is 4.89. The van der Waals surface area contributed by atoms with Gasteiger partial charge in [-0.05, 0) is 33.0 Å². The van der Waals surface area contributed by atoms with Crippen LogP contribution in [0, 0.1) is 0 Å². The van der Waals surface area contributed by atoms with Crippen LogP contribution in [0.15, 0.2) is 0 Å². The van der Waals surface area contributed by atoms with Crippen molar-refractivity contribution in [2.75, 3.05) is 20.1 Å². The van der Waals surface area contributed by atoms with Crippen molar-refractivity contribution in [2.24, 2.45) is 0 Å². The molecule has 7 radical (unpaired) electrons. The van der Waals surface area contributed by atoms with Crippen molar-refractivity contribution in [3.8, 4) is 0 Å². The number of likely N-dealkylation sites (tertiary alicyclic amines) is 1. The zero-order valence-electron chi connectivity index (χ0n) is 8.12. The third-order valence-corrected chi connectivity index (χ3v) is 2.79. The van der Waals surface area contributed by atoms with Crippen molar-refractivity contribution in [1.82, 2.24) is 4.90 Å². The molecule has 0 N–H and O–H groups in total. The van der Waals surface area contributed by atoms with Gasteiger partial charge in [0, 0.05) is 41.5 Å². The van der Waals surface area contributed by atoms with Crippen LogP contribution in [0.3, 0.4) is 0 Å². The van der Waals surface area contributed by atoms with E-state index >= 15 is 0 Å². The number of piperidine rings is 1. The first-order valence-electron chi connectivity index (χ1n) is 4.45. The minimum Gasteiger partial charge on any atom is -0.306 e. The zero-order chi connectivity index (χ0) is 10.3. The summed E-state index contributed by atoms with van der Waals surface area (Å²) in [6, 6.07) is 0. The highest BCUT2D eigenvalue weighted by Gasteiger charge is 2.12. The Kier molecular flexibility index (Phi) is 8.58. The molecule has 1 aliphatic rings. The molecule has 1 fully saturated rings. The summed E-state index contributed by atoms with van der Waals surface area (Å²) in [4.78, 5) is 3.16. The van der Waals surface area contributed by atoms with Crippen LogP contribution >= 0.6 is 15.9 Å². The fourth-order valence-corrected chi connectivity index (χ4v) is 1.39. The predicted octanol–water partition coefficient (Wildman–Crippen LogP) is -0.429. The third kappa shape index (κ3) is 9.08. The van der Waals surface area contributed by atoms with Crippen LogP contribution in [0.2, 0.25) is 0 Å². The molecule has 7 heteroatoms. The summed E-state index contributed by atoms with van der Waals surface area (Å²) in [5.41, 5.74) is 0. The highest BCUT2D eigenvalue weighted by atomic mass is 79.9. The minimum atomic E-state index is -0.463. The van der Waals surface area contributed by atoms with Crippen LogP contribution in [0.4, 0.5) is 0 Å². The molecule has 0 atom stereocenters. The molecule has 0 amide bonds. The van der Waals surface area contributed by atoms with Crippen LogP contribution in [0.1, 0.15) is 12.8 Å². The molecule has 0 spiro atoms. The van der Waals surface area contributed by atoms with Gasteiger partial charge in [0.05, 0.1) is 0 Å². The Labute approximate surface area is 95.4 Å². The topological polar surface area (TPSA) is 3.24 Å². The summed E-state index contributed by atoms with van der Waals surface area (Å²) in [7, 11) is 18.0. The van der Waals surface area contributed by atoms with E-state index in [4.69, 9.17) is 23.2 Å². The van der Waals surface area contributed by atoms with Crippen LogP contribution in [-0.4, -0.2) is 66.5 Å². The highest BCUT2D eigenvalue weighted by Crippen LogP contribution is 2.15. The zero-order valence-corrected chi connectivity index (χ0v) is 9.70. The first-order chi connectivity index (χ1) is 6.06. The predicted molar refractivity (Wildman–Crippen MR) is 68.2 cm³/mol. The van der Waals surface area contributed by atoms with Crippen LogP contribution in [-0.2, 0) is 0 Å². The van der Waals surface area contributed by atoms with E-state index in [1.165, 1.54) is 33.0 Å². The standard InChI is InChI=1S/C6H12BrN.B5/c1-8-4-2-6(7)3-5-8;1-4-5(2)3/h6H,2-5H2,1H3;. The molecule has 63 valence electrons. The molecule has 0 aliphatic carbocycles. The van der Waals surface area contributed by atoms with E-state index in [9.17, 15) is 0 Å². The molecule has 1 aliphatic heterocycles. The van der Waals surface area contributed by atoms with Crippen LogP contribution in [0.5, 0.6) is 0 Å². The van der Waals surface area contributed by atoms with E-state index in [0.29, 0.717) is 0 Å². The SMILES string of the molecule is CN1CCC(Br)CC1.[B][B]B([B])[B]. The van der Waals surface area contributed by atoms with Gasteiger partial charge in [0.25, 0.3) is 0 Å². The number of hydrogen-bond acceptors (Lipinski definition) is 1. The second-order valence-corrected chi connectivity index (χ2v) is 4.54. The molecule has 0 unspecified atom stereocenters. The molecule has 1 saturated heterocycles. The molecule has 1 heterocycles. The first-order valence-corrected chi connectivity index (χ1v) is 5.36. The van der Waals surface area contributed by atoms with E-state index in [-0.39, 0.29) is 0 Å². The Hall–Kier alpha value is 0.765. The van der Waals surface area contributed by atoms with Crippen molar-refractivity contribution >= 4 is 52.6 Å². The molecule has 0 bridgehead atoms. The lowest BCUT2D eigenvalue weighted by molar-refractivity contribution is 0.284. The van der Waals surface area contributed by atoms with Crippen molar-refractivity contribution < 1.29 is 0 Å². The molecule has 0 aromatic heterocycles. The monoisotopic (exact) mass is 232 g/mol. The maximum Gasteiger partial charge on any atom is 0.0170 e. The summed E-state index contributed by atoms with van der Waals surface area (Å²) in [5.74, 6) is 0. The van der Waals surface area contributed by atoms with Crippen molar-refractivity contribution in [1.29, 1.82) is 0 Å². The van der Waals surface area contributed by atoms with Gasteiger partial charge in [-0.3, -0.25) is 0 Å². The molecule has 1 nitrogen and oxygen atoms in total. The fraction of sp³-hybridized carbons (Fsp3) is 1.00. The Morgan fingerprint density at radius 1 is 1.38 bits per heavy atom. The highest BCUT2D eigenvalue weighted by molar-refractivity contribution is 9.09. The molecule has 13 heavy (non-hydrogen) atoms. The second-order valence-electron chi connectivity index (χ2n) is 3.25. The average Bonchev–Trinajstić information content (AvgIpc) is 2.11. The largest absolute Gasteiger partial charge is 0.306 e. The summed E-state index contributed by atoms with van der Waals surface area (Å²) >= 11 is 3.59.